The molecule has 2 aliphatic heterocycles. The van der Waals surface area contributed by atoms with E-state index < -0.39 is 5.97 Å². The molecule has 0 saturated carbocycles. The summed E-state index contributed by atoms with van der Waals surface area (Å²) in [5.74, 6) is -1.04. The third kappa shape index (κ3) is 5.07. The first-order valence-electron chi connectivity index (χ1n) is 9.54. The molecule has 0 unspecified atom stereocenters. The lowest BCUT2D eigenvalue weighted by Crippen LogP contribution is -2.42. The van der Waals surface area contributed by atoms with Gasteiger partial charge in [-0.2, -0.15) is 0 Å². The molecule has 1 atom stereocenters. The Morgan fingerprint density at radius 3 is 2.78 bits per heavy atom. The van der Waals surface area contributed by atoms with E-state index in [1.807, 2.05) is 24.3 Å². The molecule has 7 nitrogen and oxygen atoms in total. The number of aliphatic carboxylic acids is 1. The fourth-order valence-electron chi connectivity index (χ4n) is 3.69. The number of carbonyl (C=O) groups is 3. The summed E-state index contributed by atoms with van der Waals surface area (Å²) in [5.41, 5.74) is 1.99. The lowest BCUT2D eigenvalue weighted by molar-refractivity contribution is -0.139. The van der Waals surface area contributed by atoms with Crippen molar-refractivity contribution in [2.75, 3.05) is 31.1 Å². The fourth-order valence-corrected chi connectivity index (χ4v) is 3.69. The number of ether oxygens (including phenoxy) is 1. The lowest BCUT2D eigenvalue weighted by Gasteiger charge is -2.30. The van der Waals surface area contributed by atoms with Crippen molar-refractivity contribution < 1.29 is 24.2 Å². The highest BCUT2D eigenvalue weighted by Gasteiger charge is 2.27. The summed E-state index contributed by atoms with van der Waals surface area (Å²) in [7, 11) is 0. The summed E-state index contributed by atoms with van der Waals surface area (Å²) in [6, 6.07) is 7.76. The number of anilines is 1. The Bertz CT molecular complexity index is 699. The molecule has 2 amide bonds. The molecule has 146 valence electrons. The summed E-state index contributed by atoms with van der Waals surface area (Å²) >= 11 is 0. The fraction of sp³-hybridized carbons (Fsp3) is 0.550. The van der Waals surface area contributed by atoms with Crippen LogP contribution in [0.15, 0.2) is 24.3 Å². The minimum Gasteiger partial charge on any atom is -0.481 e. The predicted octanol–water partition coefficient (Wildman–Crippen LogP) is 1.84. The Labute approximate surface area is 158 Å². The van der Waals surface area contributed by atoms with Crippen LogP contribution in [0.25, 0.3) is 0 Å². The average molecular weight is 374 g/mol. The van der Waals surface area contributed by atoms with Gasteiger partial charge in [0.1, 0.15) is 0 Å². The lowest BCUT2D eigenvalue weighted by atomic mass is 10.0. The number of carboxylic acids is 1. The molecule has 1 aromatic rings. The van der Waals surface area contributed by atoms with E-state index >= 15 is 0 Å². The molecular weight excluding hydrogens is 348 g/mol. The van der Waals surface area contributed by atoms with Crippen LogP contribution >= 0.6 is 0 Å². The van der Waals surface area contributed by atoms with Crippen molar-refractivity contribution >= 4 is 23.5 Å². The molecule has 0 spiro atoms. The maximum Gasteiger partial charge on any atom is 0.305 e. The number of carboxylic acid groups (broad SMARTS) is 1. The smallest absolute Gasteiger partial charge is 0.305 e. The van der Waals surface area contributed by atoms with E-state index in [4.69, 9.17) is 9.84 Å². The molecule has 1 fully saturated rings. The van der Waals surface area contributed by atoms with Crippen molar-refractivity contribution in [3.8, 4) is 0 Å². The Kier molecular flexibility index (Phi) is 6.45. The van der Waals surface area contributed by atoms with Crippen LogP contribution in [0, 0.1) is 0 Å². The Morgan fingerprint density at radius 2 is 2.04 bits per heavy atom. The van der Waals surface area contributed by atoms with E-state index in [9.17, 15) is 14.4 Å². The Morgan fingerprint density at radius 1 is 1.22 bits per heavy atom. The van der Waals surface area contributed by atoms with Crippen LogP contribution in [0.5, 0.6) is 0 Å². The molecule has 0 aromatic heterocycles. The van der Waals surface area contributed by atoms with E-state index in [-0.39, 0.29) is 37.3 Å². The van der Waals surface area contributed by atoms with Crippen LogP contribution in [-0.4, -0.2) is 60.1 Å². The zero-order valence-corrected chi connectivity index (χ0v) is 15.4. The van der Waals surface area contributed by atoms with Crippen molar-refractivity contribution in [3.63, 3.8) is 0 Å². The molecular formula is C20H26N2O5. The van der Waals surface area contributed by atoms with Gasteiger partial charge in [0.2, 0.25) is 11.8 Å². The number of hydrogen-bond donors (Lipinski definition) is 1. The van der Waals surface area contributed by atoms with Crippen LogP contribution in [0.1, 0.15) is 37.7 Å². The first kappa shape index (κ1) is 19.4. The average Bonchev–Trinajstić information content (AvgIpc) is 3.17. The number of rotatable bonds is 8. The second kappa shape index (κ2) is 8.99. The van der Waals surface area contributed by atoms with Gasteiger partial charge in [0, 0.05) is 44.8 Å². The number of nitrogens with zero attached hydrogens (tertiary/aromatic N) is 2. The Balaban J connectivity index is 1.62. The molecule has 0 bridgehead atoms. The molecule has 0 radical (unpaired) electrons. The highest BCUT2D eigenvalue weighted by atomic mass is 16.5. The monoisotopic (exact) mass is 374 g/mol. The summed E-state index contributed by atoms with van der Waals surface area (Å²) < 4.78 is 5.59. The summed E-state index contributed by atoms with van der Waals surface area (Å²) in [6.07, 6.45) is 3.07. The number of hydrogen-bond acceptors (Lipinski definition) is 4. The van der Waals surface area contributed by atoms with Gasteiger partial charge < -0.3 is 19.6 Å². The van der Waals surface area contributed by atoms with Crippen molar-refractivity contribution in [2.24, 2.45) is 0 Å². The minimum atomic E-state index is -0.930. The zero-order valence-electron chi connectivity index (χ0n) is 15.4. The first-order chi connectivity index (χ1) is 13.0. The molecule has 0 aliphatic carbocycles. The standard InChI is InChI=1S/C20H26N2O5/c23-18(21(11-10-20(25)26)14-16-5-3-13-27-16)9-12-22-17-6-2-1-4-15(17)7-8-19(22)24/h1-2,4,6,16H,3,5,7-14H2,(H,25,26)/t16-/m1/s1. The molecule has 7 heteroatoms. The maximum absolute atomic E-state index is 12.7. The SMILES string of the molecule is O=C(O)CCN(C[C@H]1CCCO1)C(=O)CCN1C(=O)CCc2ccccc21. The molecule has 3 rings (SSSR count). The van der Waals surface area contributed by atoms with Gasteiger partial charge >= 0.3 is 5.97 Å². The normalized spacial score (nSPS) is 19.0. The summed E-state index contributed by atoms with van der Waals surface area (Å²) in [4.78, 5) is 39.3. The quantitative estimate of drug-likeness (QED) is 0.750. The molecule has 1 aromatic carbocycles. The third-order valence-corrected chi connectivity index (χ3v) is 5.14. The molecule has 2 heterocycles. The van der Waals surface area contributed by atoms with E-state index in [0.29, 0.717) is 26.1 Å². The van der Waals surface area contributed by atoms with Gasteiger partial charge in [-0.1, -0.05) is 18.2 Å². The van der Waals surface area contributed by atoms with E-state index in [1.165, 1.54) is 0 Å². The van der Waals surface area contributed by atoms with Gasteiger partial charge in [0.15, 0.2) is 0 Å². The van der Waals surface area contributed by atoms with Crippen LogP contribution < -0.4 is 4.90 Å². The number of carbonyl (C=O) groups excluding carboxylic acids is 2. The van der Waals surface area contributed by atoms with Gasteiger partial charge in [-0.05, 0) is 30.9 Å². The van der Waals surface area contributed by atoms with E-state index in [0.717, 1.165) is 30.5 Å². The van der Waals surface area contributed by atoms with Crippen LogP contribution in [0.4, 0.5) is 5.69 Å². The van der Waals surface area contributed by atoms with Crippen LogP contribution in [-0.2, 0) is 25.5 Å². The summed E-state index contributed by atoms with van der Waals surface area (Å²) in [6.45, 7) is 1.57. The van der Waals surface area contributed by atoms with Crippen molar-refractivity contribution in [3.05, 3.63) is 29.8 Å². The first-order valence-corrected chi connectivity index (χ1v) is 9.54. The van der Waals surface area contributed by atoms with Gasteiger partial charge in [0.25, 0.3) is 0 Å². The number of amides is 2. The topological polar surface area (TPSA) is 87.2 Å². The number of para-hydroxylation sites is 1. The van der Waals surface area contributed by atoms with Crippen molar-refractivity contribution in [1.82, 2.24) is 4.90 Å². The largest absolute Gasteiger partial charge is 0.481 e. The second-order valence-electron chi connectivity index (χ2n) is 7.04. The second-order valence-corrected chi connectivity index (χ2v) is 7.04. The van der Waals surface area contributed by atoms with Crippen molar-refractivity contribution in [1.29, 1.82) is 0 Å². The third-order valence-electron chi connectivity index (χ3n) is 5.14. The van der Waals surface area contributed by atoms with Crippen LogP contribution in [0.2, 0.25) is 0 Å². The van der Waals surface area contributed by atoms with Gasteiger partial charge in [-0.15, -0.1) is 0 Å². The molecule has 1 N–H and O–H groups in total. The number of benzene rings is 1. The van der Waals surface area contributed by atoms with Gasteiger partial charge in [-0.25, -0.2) is 0 Å². The highest BCUT2D eigenvalue weighted by molar-refractivity contribution is 5.97. The maximum atomic E-state index is 12.7. The Hall–Kier alpha value is -2.41. The van der Waals surface area contributed by atoms with E-state index in [2.05, 4.69) is 0 Å². The number of fused-ring (bicyclic) bond motifs is 1. The van der Waals surface area contributed by atoms with Crippen molar-refractivity contribution in [2.45, 2.75) is 44.6 Å². The predicted molar refractivity (Wildman–Crippen MR) is 99.5 cm³/mol. The summed E-state index contributed by atoms with van der Waals surface area (Å²) in [5, 5.41) is 8.96. The zero-order chi connectivity index (χ0) is 19.2. The van der Waals surface area contributed by atoms with E-state index in [1.54, 1.807) is 9.80 Å². The minimum absolute atomic E-state index is 0.0257. The molecule has 1 saturated heterocycles. The van der Waals surface area contributed by atoms with Gasteiger partial charge in [-0.3, -0.25) is 14.4 Å². The molecule has 2 aliphatic rings. The molecule has 27 heavy (non-hydrogen) atoms. The highest BCUT2D eigenvalue weighted by Crippen LogP contribution is 2.27. The number of aryl methyl sites for hydroxylation is 1. The van der Waals surface area contributed by atoms with Crippen LogP contribution in [0.3, 0.4) is 0 Å². The van der Waals surface area contributed by atoms with Gasteiger partial charge in [0.05, 0.1) is 12.5 Å².